The Morgan fingerprint density at radius 3 is 2.40 bits per heavy atom. The molecule has 0 amide bonds. The SMILES string of the molecule is Cc1ccc(C(NC(C)C)c2ccc(F)cn2)cc1F. The van der Waals surface area contributed by atoms with E-state index in [-0.39, 0.29) is 23.7 Å². The van der Waals surface area contributed by atoms with Gasteiger partial charge in [0.15, 0.2) is 0 Å². The zero-order chi connectivity index (χ0) is 14.7. The summed E-state index contributed by atoms with van der Waals surface area (Å²) in [5, 5.41) is 3.33. The summed E-state index contributed by atoms with van der Waals surface area (Å²) in [6.45, 7) is 5.72. The second-order valence-electron chi connectivity index (χ2n) is 5.16. The van der Waals surface area contributed by atoms with Gasteiger partial charge in [0, 0.05) is 6.04 Å². The maximum Gasteiger partial charge on any atom is 0.141 e. The molecule has 0 aliphatic carbocycles. The molecule has 4 heteroatoms. The van der Waals surface area contributed by atoms with Crippen LogP contribution in [0.3, 0.4) is 0 Å². The molecule has 0 saturated carbocycles. The summed E-state index contributed by atoms with van der Waals surface area (Å²) in [6.07, 6.45) is 1.18. The number of hydrogen-bond acceptors (Lipinski definition) is 2. The highest BCUT2D eigenvalue weighted by molar-refractivity contribution is 5.31. The van der Waals surface area contributed by atoms with Gasteiger partial charge >= 0.3 is 0 Å². The van der Waals surface area contributed by atoms with Gasteiger partial charge in [0.05, 0.1) is 17.9 Å². The Morgan fingerprint density at radius 1 is 1.10 bits per heavy atom. The number of aryl methyl sites for hydroxylation is 1. The third-order valence-corrected chi connectivity index (χ3v) is 3.08. The summed E-state index contributed by atoms with van der Waals surface area (Å²) in [6, 6.07) is 8.02. The van der Waals surface area contributed by atoms with Crippen molar-refractivity contribution in [2.75, 3.05) is 0 Å². The van der Waals surface area contributed by atoms with Crippen molar-refractivity contribution in [3.8, 4) is 0 Å². The predicted molar refractivity (Wildman–Crippen MR) is 75.4 cm³/mol. The third-order valence-electron chi connectivity index (χ3n) is 3.08. The van der Waals surface area contributed by atoms with Crippen LogP contribution in [0.1, 0.15) is 36.7 Å². The van der Waals surface area contributed by atoms with Gasteiger partial charge in [-0.2, -0.15) is 0 Å². The largest absolute Gasteiger partial charge is 0.303 e. The first-order valence-electron chi connectivity index (χ1n) is 6.61. The van der Waals surface area contributed by atoms with Gasteiger partial charge in [-0.15, -0.1) is 0 Å². The Balaban J connectivity index is 2.41. The predicted octanol–water partition coefficient (Wildman–Crippen LogP) is 3.76. The first-order valence-corrected chi connectivity index (χ1v) is 6.61. The lowest BCUT2D eigenvalue weighted by molar-refractivity contribution is 0.513. The zero-order valence-corrected chi connectivity index (χ0v) is 11.8. The van der Waals surface area contributed by atoms with Crippen molar-refractivity contribution in [3.05, 3.63) is 65.0 Å². The van der Waals surface area contributed by atoms with Gasteiger partial charge in [-0.1, -0.05) is 12.1 Å². The van der Waals surface area contributed by atoms with Crippen LogP contribution in [0.15, 0.2) is 36.5 Å². The molecule has 1 heterocycles. The highest BCUT2D eigenvalue weighted by atomic mass is 19.1. The summed E-state index contributed by atoms with van der Waals surface area (Å²) < 4.78 is 26.7. The van der Waals surface area contributed by atoms with Crippen molar-refractivity contribution in [2.24, 2.45) is 0 Å². The number of pyridine rings is 1. The molecule has 2 rings (SSSR count). The molecule has 0 aliphatic rings. The van der Waals surface area contributed by atoms with Crippen LogP contribution >= 0.6 is 0 Å². The number of hydrogen-bond donors (Lipinski definition) is 1. The zero-order valence-electron chi connectivity index (χ0n) is 11.8. The molecule has 0 saturated heterocycles. The van der Waals surface area contributed by atoms with Crippen molar-refractivity contribution in [2.45, 2.75) is 32.9 Å². The molecule has 1 unspecified atom stereocenters. The minimum Gasteiger partial charge on any atom is -0.303 e. The molecule has 2 aromatic rings. The van der Waals surface area contributed by atoms with E-state index in [2.05, 4.69) is 10.3 Å². The quantitative estimate of drug-likeness (QED) is 0.919. The highest BCUT2D eigenvalue weighted by Crippen LogP contribution is 2.23. The molecular formula is C16H18F2N2. The minimum absolute atomic E-state index is 0.191. The van der Waals surface area contributed by atoms with Crippen LogP contribution in [-0.4, -0.2) is 11.0 Å². The molecule has 0 spiro atoms. The molecule has 0 aliphatic heterocycles. The number of aromatic nitrogens is 1. The lowest BCUT2D eigenvalue weighted by Gasteiger charge is -2.21. The maximum atomic E-state index is 13.7. The lowest BCUT2D eigenvalue weighted by atomic mass is 10.0. The average molecular weight is 276 g/mol. The Morgan fingerprint density at radius 2 is 1.85 bits per heavy atom. The molecule has 1 aromatic heterocycles. The van der Waals surface area contributed by atoms with E-state index in [0.29, 0.717) is 11.3 Å². The monoisotopic (exact) mass is 276 g/mol. The van der Waals surface area contributed by atoms with Crippen LogP contribution < -0.4 is 5.32 Å². The molecule has 0 fully saturated rings. The van der Waals surface area contributed by atoms with Crippen molar-refractivity contribution in [3.63, 3.8) is 0 Å². The van der Waals surface area contributed by atoms with E-state index in [1.54, 1.807) is 19.1 Å². The smallest absolute Gasteiger partial charge is 0.141 e. The Kier molecular flexibility index (Phi) is 4.45. The van der Waals surface area contributed by atoms with Gasteiger partial charge in [-0.25, -0.2) is 8.78 Å². The Labute approximate surface area is 117 Å². The summed E-state index contributed by atoms with van der Waals surface area (Å²) in [5.41, 5.74) is 2.05. The third kappa shape index (κ3) is 3.39. The summed E-state index contributed by atoms with van der Waals surface area (Å²) >= 11 is 0. The summed E-state index contributed by atoms with van der Waals surface area (Å²) in [7, 11) is 0. The van der Waals surface area contributed by atoms with Crippen LogP contribution in [0.2, 0.25) is 0 Å². The topological polar surface area (TPSA) is 24.9 Å². The van der Waals surface area contributed by atoms with Crippen molar-refractivity contribution in [1.82, 2.24) is 10.3 Å². The molecule has 20 heavy (non-hydrogen) atoms. The second kappa shape index (κ2) is 6.09. The van der Waals surface area contributed by atoms with E-state index < -0.39 is 0 Å². The van der Waals surface area contributed by atoms with Crippen LogP contribution in [0, 0.1) is 18.6 Å². The number of halogens is 2. The molecule has 0 bridgehead atoms. The van der Waals surface area contributed by atoms with Crippen molar-refractivity contribution >= 4 is 0 Å². The number of rotatable bonds is 4. The van der Waals surface area contributed by atoms with E-state index >= 15 is 0 Å². The fraction of sp³-hybridized carbons (Fsp3) is 0.312. The number of benzene rings is 1. The van der Waals surface area contributed by atoms with Gasteiger partial charge in [-0.05, 0) is 50.1 Å². The van der Waals surface area contributed by atoms with Gasteiger partial charge in [-0.3, -0.25) is 4.98 Å². The van der Waals surface area contributed by atoms with E-state index in [1.165, 1.54) is 18.3 Å². The molecule has 2 nitrogen and oxygen atoms in total. The van der Waals surface area contributed by atoms with E-state index in [1.807, 2.05) is 19.9 Å². The van der Waals surface area contributed by atoms with Crippen molar-refractivity contribution < 1.29 is 8.78 Å². The molecule has 0 radical (unpaired) electrons. The number of nitrogens with zero attached hydrogens (tertiary/aromatic N) is 1. The number of nitrogens with one attached hydrogen (secondary N) is 1. The fourth-order valence-corrected chi connectivity index (χ4v) is 2.03. The maximum absolute atomic E-state index is 13.7. The van der Waals surface area contributed by atoms with Crippen molar-refractivity contribution in [1.29, 1.82) is 0 Å². The Hall–Kier alpha value is -1.81. The van der Waals surface area contributed by atoms with Gasteiger partial charge in [0.25, 0.3) is 0 Å². The molecule has 1 N–H and O–H groups in total. The Bertz CT molecular complexity index is 580. The lowest BCUT2D eigenvalue weighted by Crippen LogP contribution is -2.29. The summed E-state index contributed by atoms with van der Waals surface area (Å²) in [4.78, 5) is 4.10. The van der Waals surface area contributed by atoms with E-state index in [0.717, 1.165) is 5.56 Å². The second-order valence-corrected chi connectivity index (χ2v) is 5.16. The molecule has 1 aromatic carbocycles. The van der Waals surface area contributed by atoms with Gasteiger partial charge in [0.1, 0.15) is 11.6 Å². The molecule has 1 atom stereocenters. The molecule has 106 valence electrons. The summed E-state index contributed by atoms with van der Waals surface area (Å²) in [5.74, 6) is -0.632. The van der Waals surface area contributed by atoms with Crippen LogP contribution in [0.5, 0.6) is 0 Å². The average Bonchev–Trinajstić information content (AvgIpc) is 2.40. The van der Waals surface area contributed by atoms with Crippen LogP contribution in [0.25, 0.3) is 0 Å². The van der Waals surface area contributed by atoms with Crippen LogP contribution in [0.4, 0.5) is 8.78 Å². The normalized spacial score (nSPS) is 12.7. The van der Waals surface area contributed by atoms with Crippen LogP contribution in [-0.2, 0) is 0 Å². The first-order chi connectivity index (χ1) is 9.47. The van der Waals surface area contributed by atoms with Gasteiger partial charge in [0.2, 0.25) is 0 Å². The standard InChI is InChI=1S/C16H18F2N2/c1-10(2)20-16(15-7-6-13(17)9-19-15)12-5-4-11(3)14(18)8-12/h4-10,16,20H,1-3H3. The first kappa shape index (κ1) is 14.6. The van der Waals surface area contributed by atoms with E-state index in [4.69, 9.17) is 0 Å². The van der Waals surface area contributed by atoms with Gasteiger partial charge < -0.3 is 5.32 Å². The fourth-order valence-electron chi connectivity index (χ4n) is 2.03. The minimum atomic E-state index is -0.382. The highest BCUT2D eigenvalue weighted by Gasteiger charge is 2.17. The molecular weight excluding hydrogens is 258 g/mol. The van der Waals surface area contributed by atoms with E-state index in [9.17, 15) is 8.78 Å².